The fourth-order valence-corrected chi connectivity index (χ4v) is 2.83. The molecule has 7 heteroatoms. The minimum Gasteiger partial charge on any atom is -0.322 e. The molecule has 1 unspecified atom stereocenters. The third kappa shape index (κ3) is 3.58. The van der Waals surface area contributed by atoms with Crippen molar-refractivity contribution in [2.24, 2.45) is 11.8 Å². The van der Waals surface area contributed by atoms with Gasteiger partial charge in [0.15, 0.2) is 11.7 Å². The zero-order valence-electron chi connectivity index (χ0n) is 10.2. The highest BCUT2D eigenvalue weighted by atomic mass is 79.9. The number of carbonyl (C=O) groups excluding carboxylic acids is 2. The van der Waals surface area contributed by atoms with E-state index in [2.05, 4.69) is 20.7 Å². The van der Waals surface area contributed by atoms with E-state index in [1.54, 1.807) is 6.07 Å². The number of hydrogen-bond donors (Lipinski definition) is 1. The van der Waals surface area contributed by atoms with Crippen molar-refractivity contribution in [3.05, 3.63) is 28.5 Å². The highest BCUT2D eigenvalue weighted by Gasteiger charge is 2.38. The molecule has 1 N–H and O–H groups in total. The van der Waals surface area contributed by atoms with Gasteiger partial charge < -0.3 is 4.72 Å². The van der Waals surface area contributed by atoms with Gasteiger partial charge in [0.1, 0.15) is 5.82 Å². The van der Waals surface area contributed by atoms with Gasteiger partial charge in [-0.3, -0.25) is 9.59 Å². The predicted octanol–water partition coefficient (Wildman–Crippen LogP) is 3.29. The summed E-state index contributed by atoms with van der Waals surface area (Å²) in [6, 6.07) is 5.71. The summed E-state index contributed by atoms with van der Waals surface area (Å²) in [6.07, 6.45) is 1.51. The van der Waals surface area contributed by atoms with E-state index >= 15 is 0 Å². The molecule has 1 aliphatic rings. The number of nitrogens with zero attached hydrogens (tertiary/aromatic N) is 1. The largest absolute Gasteiger partial charge is 0.322 e. The van der Waals surface area contributed by atoms with Gasteiger partial charge in [-0.1, -0.05) is 0 Å². The predicted molar refractivity (Wildman–Crippen MR) is 77.2 cm³/mol. The van der Waals surface area contributed by atoms with Crippen LogP contribution < -0.4 is 4.72 Å². The number of hydrogen-bond acceptors (Lipinski definition) is 5. The molecule has 0 heterocycles. The van der Waals surface area contributed by atoms with E-state index in [1.165, 1.54) is 18.2 Å². The van der Waals surface area contributed by atoms with Crippen LogP contribution in [-0.4, -0.2) is 10.9 Å². The smallest absolute Gasteiger partial charge is 0.233 e. The maximum atomic E-state index is 12.9. The molecule has 104 valence electrons. The van der Waals surface area contributed by atoms with Crippen LogP contribution in [0, 0.1) is 29.0 Å². The summed E-state index contributed by atoms with van der Waals surface area (Å²) in [6.45, 7) is 0. The van der Waals surface area contributed by atoms with Gasteiger partial charge in [0.05, 0.1) is 11.8 Å². The van der Waals surface area contributed by atoms with Crippen LogP contribution in [0.15, 0.2) is 22.7 Å². The summed E-state index contributed by atoms with van der Waals surface area (Å²) < 4.78 is 16.1. The number of halogens is 2. The molecular formula is C13H10BrFN2O2S. The Bertz CT molecular complexity index is 599. The molecule has 1 fully saturated rings. The van der Waals surface area contributed by atoms with Crippen LogP contribution in [0.3, 0.4) is 0 Å². The molecular weight excluding hydrogens is 347 g/mol. The second-order valence-electron chi connectivity index (χ2n) is 4.39. The Morgan fingerprint density at radius 2 is 2.20 bits per heavy atom. The zero-order valence-corrected chi connectivity index (χ0v) is 12.6. The molecule has 1 aromatic rings. The van der Waals surface area contributed by atoms with Gasteiger partial charge in [-0.05, 0) is 47.0 Å². The van der Waals surface area contributed by atoms with Crippen molar-refractivity contribution in [1.29, 1.82) is 5.26 Å². The Labute approximate surface area is 128 Å². The highest BCUT2D eigenvalue weighted by molar-refractivity contribution is 9.10. The quantitative estimate of drug-likeness (QED) is 0.647. The number of rotatable bonds is 5. The fraction of sp³-hybridized carbons (Fsp3) is 0.308. The lowest BCUT2D eigenvalue weighted by molar-refractivity contribution is -0.127. The van der Waals surface area contributed by atoms with Gasteiger partial charge in [0, 0.05) is 22.3 Å². The SMILES string of the molecule is N#CC(C(=O)SNc1ccc(F)cc1Br)C(=O)C1CC1. The second-order valence-corrected chi connectivity index (χ2v) is 6.05. The molecule has 0 amide bonds. The molecule has 0 aromatic heterocycles. The zero-order chi connectivity index (χ0) is 14.7. The third-order valence-corrected chi connectivity index (χ3v) is 4.24. The van der Waals surface area contributed by atoms with Crippen LogP contribution >= 0.6 is 27.9 Å². The molecule has 1 atom stereocenters. The molecule has 0 aliphatic heterocycles. The Morgan fingerprint density at radius 1 is 1.50 bits per heavy atom. The van der Waals surface area contributed by atoms with Crippen molar-refractivity contribution < 1.29 is 14.0 Å². The number of nitriles is 1. The van der Waals surface area contributed by atoms with E-state index < -0.39 is 16.9 Å². The highest BCUT2D eigenvalue weighted by Crippen LogP contribution is 2.34. The first-order chi connectivity index (χ1) is 9.52. The van der Waals surface area contributed by atoms with Gasteiger partial charge in [0.2, 0.25) is 5.12 Å². The molecule has 20 heavy (non-hydrogen) atoms. The third-order valence-electron chi connectivity index (χ3n) is 2.82. The van der Waals surface area contributed by atoms with Crippen molar-refractivity contribution in [3.8, 4) is 6.07 Å². The van der Waals surface area contributed by atoms with Crippen molar-refractivity contribution in [2.75, 3.05) is 4.72 Å². The number of carbonyl (C=O) groups is 2. The summed E-state index contributed by atoms with van der Waals surface area (Å²) in [5.74, 6) is -2.08. The normalized spacial score (nSPS) is 15.2. The average Bonchev–Trinajstić information content (AvgIpc) is 3.22. The maximum absolute atomic E-state index is 12.9. The lowest BCUT2D eigenvalue weighted by Gasteiger charge is -2.09. The molecule has 2 rings (SSSR count). The van der Waals surface area contributed by atoms with Crippen LogP contribution in [0.25, 0.3) is 0 Å². The standard InChI is InChI=1S/C13H10BrFN2O2S/c14-10-5-8(15)3-4-11(10)17-20-13(19)9(6-16)12(18)7-1-2-7/h3-5,7,9,17H,1-2H2. The van der Waals surface area contributed by atoms with Crippen LogP contribution in [0.2, 0.25) is 0 Å². The molecule has 1 aromatic carbocycles. The number of ketones is 1. The monoisotopic (exact) mass is 356 g/mol. The Morgan fingerprint density at radius 3 is 2.75 bits per heavy atom. The van der Waals surface area contributed by atoms with Gasteiger partial charge in [-0.15, -0.1) is 0 Å². The Hall–Kier alpha value is -1.39. The molecule has 0 radical (unpaired) electrons. The summed E-state index contributed by atoms with van der Waals surface area (Å²) in [7, 11) is 0. The number of Topliss-reactive ketones (excluding diaryl/α,β-unsaturated/α-hetero) is 1. The molecule has 1 aliphatic carbocycles. The van der Waals surface area contributed by atoms with Crippen LogP contribution in [0.5, 0.6) is 0 Å². The molecule has 0 saturated heterocycles. The number of nitrogens with one attached hydrogen (secondary N) is 1. The van der Waals surface area contributed by atoms with E-state index in [-0.39, 0.29) is 11.7 Å². The summed E-state index contributed by atoms with van der Waals surface area (Å²) in [5, 5.41) is 8.40. The Balaban J connectivity index is 1.97. The average molecular weight is 357 g/mol. The van der Waals surface area contributed by atoms with Crippen LogP contribution in [0.4, 0.5) is 10.1 Å². The Kier molecular flexibility index (Phi) is 4.78. The van der Waals surface area contributed by atoms with E-state index in [9.17, 15) is 14.0 Å². The molecule has 1 saturated carbocycles. The summed E-state index contributed by atoms with van der Waals surface area (Å²) >= 11 is 3.83. The minimum atomic E-state index is -1.24. The first-order valence-electron chi connectivity index (χ1n) is 5.88. The van der Waals surface area contributed by atoms with Crippen molar-refractivity contribution in [3.63, 3.8) is 0 Å². The van der Waals surface area contributed by atoms with Gasteiger partial charge in [0.25, 0.3) is 0 Å². The maximum Gasteiger partial charge on any atom is 0.233 e. The number of benzene rings is 1. The summed E-state index contributed by atoms with van der Waals surface area (Å²) in [5.41, 5.74) is 0.500. The van der Waals surface area contributed by atoms with Gasteiger partial charge in [-0.25, -0.2) is 4.39 Å². The van der Waals surface area contributed by atoms with Crippen molar-refractivity contribution >= 4 is 44.5 Å². The number of anilines is 1. The molecule has 0 spiro atoms. The lowest BCUT2D eigenvalue weighted by atomic mass is 10.0. The van der Waals surface area contributed by atoms with Crippen molar-refractivity contribution in [2.45, 2.75) is 12.8 Å². The van der Waals surface area contributed by atoms with Crippen LogP contribution in [-0.2, 0) is 9.59 Å². The lowest BCUT2D eigenvalue weighted by Crippen LogP contribution is -2.22. The second kappa shape index (κ2) is 6.37. The van der Waals surface area contributed by atoms with Gasteiger partial charge >= 0.3 is 0 Å². The first-order valence-corrected chi connectivity index (χ1v) is 7.49. The molecule has 4 nitrogen and oxygen atoms in total. The summed E-state index contributed by atoms with van der Waals surface area (Å²) in [4.78, 5) is 23.6. The molecule has 0 bridgehead atoms. The van der Waals surface area contributed by atoms with Crippen LogP contribution in [0.1, 0.15) is 12.8 Å². The van der Waals surface area contributed by atoms with E-state index in [0.29, 0.717) is 22.1 Å². The van der Waals surface area contributed by atoms with Gasteiger partial charge in [-0.2, -0.15) is 5.26 Å². The van der Waals surface area contributed by atoms with Crippen molar-refractivity contribution in [1.82, 2.24) is 0 Å². The first kappa shape index (κ1) is 15.0. The fourth-order valence-electron chi connectivity index (χ4n) is 1.57. The van der Waals surface area contributed by atoms with E-state index in [4.69, 9.17) is 5.26 Å². The van der Waals surface area contributed by atoms with E-state index in [1.807, 2.05) is 0 Å². The topological polar surface area (TPSA) is 70.0 Å². The van der Waals surface area contributed by atoms with E-state index in [0.717, 1.165) is 12.8 Å². The minimum absolute atomic E-state index is 0.137.